The highest BCUT2D eigenvalue weighted by molar-refractivity contribution is 5.94. The molecule has 0 radical (unpaired) electrons. The van der Waals surface area contributed by atoms with Crippen LogP contribution in [-0.4, -0.2) is 45.9 Å². The number of carbonyl (C=O) groups excluding carboxylic acids is 2. The summed E-state index contributed by atoms with van der Waals surface area (Å²) < 4.78 is 20.0. The third-order valence-electron chi connectivity index (χ3n) is 5.02. The Morgan fingerprint density at radius 3 is 2.52 bits per heavy atom. The molecule has 0 unspecified atom stereocenters. The Bertz CT molecular complexity index is 1170. The van der Waals surface area contributed by atoms with Crippen molar-refractivity contribution in [2.75, 3.05) is 13.1 Å². The average Bonchev–Trinajstić information content (AvgIpc) is 3.41. The van der Waals surface area contributed by atoms with Crippen molar-refractivity contribution in [2.45, 2.75) is 12.5 Å². The number of nitriles is 1. The predicted octanol–water partition coefficient (Wildman–Crippen LogP) is 2.86. The fourth-order valence-electron chi connectivity index (χ4n) is 3.52. The molecule has 8 nitrogen and oxygen atoms in total. The summed E-state index contributed by atoms with van der Waals surface area (Å²) in [6.45, 7) is 0.643. The summed E-state index contributed by atoms with van der Waals surface area (Å²) in [5.41, 5.74) is 7.67. The molecule has 156 valence electrons. The molecule has 2 N–H and O–H groups in total. The highest BCUT2D eigenvalue weighted by Crippen LogP contribution is 2.26. The highest BCUT2D eigenvalue weighted by Gasteiger charge is 2.31. The summed E-state index contributed by atoms with van der Waals surface area (Å²) in [6.07, 6.45) is -0.822. The van der Waals surface area contributed by atoms with Crippen molar-refractivity contribution >= 4 is 12.0 Å². The number of hydrogen-bond donors (Lipinski definition) is 1. The van der Waals surface area contributed by atoms with E-state index in [1.165, 1.54) is 12.1 Å². The molecule has 1 atom stereocenters. The Morgan fingerprint density at radius 2 is 1.87 bits per heavy atom. The van der Waals surface area contributed by atoms with Gasteiger partial charge in [0.05, 0.1) is 29.6 Å². The van der Waals surface area contributed by atoms with Crippen LogP contribution in [0.5, 0.6) is 0 Å². The summed E-state index contributed by atoms with van der Waals surface area (Å²) in [6, 6.07) is 16.3. The largest absolute Gasteiger partial charge is 0.444 e. The van der Waals surface area contributed by atoms with Crippen LogP contribution < -0.4 is 5.73 Å². The topological polar surface area (TPSA) is 114 Å². The van der Waals surface area contributed by atoms with E-state index in [1.807, 2.05) is 0 Å². The lowest BCUT2D eigenvalue weighted by atomic mass is 10.1. The van der Waals surface area contributed by atoms with Crippen LogP contribution in [0.25, 0.3) is 16.9 Å². The highest BCUT2D eigenvalue weighted by atomic mass is 19.1. The molecule has 2 heterocycles. The van der Waals surface area contributed by atoms with Crippen LogP contribution in [0.2, 0.25) is 0 Å². The number of likely N-dealkylation sites (tertiary alicyclic amines) is 1. The van der Waals surface area contributed by atoms with E-state index in [1.54, 1.807) is 52.0 Å². The van der Waals surface area contributed by atoms with Crippen LogP contribution in [-0.2, 0) is 4.74 Å². The molecule has 2 aromatic carbocycles. The van der Waals surface area contributed by atoms with Crippen LogP contribution in [0, 0.1) is 17.1 Å². The Balaban J connectivity index is 1.69. The normalized spacial score (nSPS) is 15.5. The molecule has 2 amide bonds. The van der Waals surface area contributed by atoms with Crippen molar-refractivity contribution in [1.82, 2.24) is 14.7 Å². The molecular weight excluding hydrogens is 401 g/mol. The first-order valence-electron chi connectivity index (χ1n) is 9.56. The van der Waals surface area contributed by atoms with Gasteiger partial charge in [-0.15, -0.1) is 0 Å². The van der Waals surface area contributed by atoms with Gasteiger partial charge in [-0.25, -0.2) is 13.9 Å². The minimum atomic E-state index is -0.872. The number of ether oxygens (including phenoxy) is 1. The minimum absolute atomic E-state index is 0.198. The first-order valence-corrected chi connectivity index (χ1v) is 9.56. The molecule has 0 spiro atoms. The summed E-state index contributed by atoms with van der Waals surface area (Å²) in [5, 5.41) is 13.5. The number of nitrogens with zero attached hydrogens (tertiary/aromatic N) is 4. The van der Waals surface area contributed by atoms with Crippen LogP contribution in [0.1, 0.15) is 22.5 Å². The number of primary amides is 1. The fourth-order valence-corrected chi connectivity index (χ4v) is 3.52. The van der Waals surface area contributed by atoms with Gasteiger partial charge in [0.25, 0.3) is 5.91 Å². The number of nitrogens with two attached hydrogens (primary N) is 1. The van der Waals surface area contributed by atoms with Gasteiger partial charge in [-0.1, -0.05) is 0 Å². The zero-order valence-electron chi connectivity index (χ0n) is 16.4. The number of halogens is 1. The van der Waals surface area contributed by atoms with Crippen molar-refractivity contribution in [3.8, 4) is 23.0 Å². The molecule has 4 rings (SSSR count). The van der Waals surface area contributed by atoms with E-state index < -0.39 is 12.2 Å². The molecule has 3 aromatic rings. The van der Waals surface area contributed by atoms with Gasteiger partial charge in [-0.3, -0.25) is 4.79 Å². The number of amides is 2. The van der Waals surface area contributed by atoms with Crippen molar-refractivity contribution in [2.24, 2.45) is 5.73 Å². The molecule has 31 heavy (non-hydrogen) atoms. The second kappa shape index (κ2) is 8.28. The number of benzene rings is 2. The van der Waals surface area contributed by atoms with E-state index in [4.69, 9.17) is 15.7 Å². The quantitative estimate of drug-likeness (QED) is 0.698. The van der Waals surface area contributed by atoms with E-state index in [0.717, 1.165) is 0 Å². The number of rotatable bonds is 4. The van der Waals surface area contributed by atoms with Gasteiger partial charge in [0.15, 0.2) is 5.69 Å². The van der Waals surface area contributed by atoms with Crippen molar-refractivity contribution in [3.63, 3.8) is 0 Å². The van der Waals surface area contributed by atoms with Crippen molar-refractivity contribution in [1.29, 1.82) is 5.26 Å². The van der Waals surface area contributed by atoms with E-state index >= 15 is 0 Å². The van der Waals surface area contributed by atoms with Gasteiger partial charge in [0, 0.05) is 18.5 Å². The molecular formula is C22H18FN5O3. The Labute approximate surface area is 177 Å². The lowest BCUT2D eigenvalue weighted by molar-refractivity contribution is 0.0733. The third-order valence-corrected chi connectivity index (χ3v) is 5.02. The average molecular weight is 419 g/mol. The number of carbonyl (C=O) groups is 2. The molecule has 1 fully saturated rings. The monoisotopic (exact) mass is 419 g/mol. The first kappa shape index (κ1) is 20.1. The van der Waals surface area contributed by atoms with Gasteiger partial charge < -0.3 is 15.4 Å². The lowest BCUT2D eigenvalue weighted by Gasteiger charge is -2.14. The maximum atomic E-state index is 13.4. The van der Waals surface area contributed by atoms with Gasteiger partial charge in [0.1, 0.15) is 11.9 Å². The zero-order chi connectivity index (χ0) is 22.0. The van der Waals surface area contributed by atoms with Gasteiger partial charge in [0.2, 0.25) is 0 Å². The Kier molecular flexibility index (Phi) is 5.37. The van der Waals surface area contributed by atoms with Crippen molar-refractivity contribution in [3.05, 3.63) is 71.7 Å². The maximum absolute atomic E-state index is 13.4. The summed E-state index contributed by atoms with van der Waals surface area (Å²) in [4.78, 5) is 25.6. The predicted molar refractivity (Wildman–Crippen MR) is 109 cm³/mol. The van der Waals surface area contributed by atoms with Gasteiger partial charge in [-0.05, 0) is 54.6 Å². The first-order chi connectivity index (χ1) is 14.9. The van der Waals surface area contributed by atoms with Gasteiger partial charge >= 0.3 is 6.09 Å². The standard InChI is InChI=1S/C22H18FN5O3/c23-16-5-3-15(4-6-16)20-11-19(21(29)27-10-9-18(13-27)31-22(25)30)26-28(20)17-7-1-14(12-24)2-8-17/h1-8,11,18H,9-10,13H2,(H2,25,30)/t18-/m0/s1. The van der Waals surface area contributed by atoms with Crippen LogP contribution in [0.3, 0.4) is 0 Å². The Hall–Kier alpha value is -4.19. The van der Waals surface area contributed by atoms with E-state index in [0.29, 0.717) is 35.5 Å². The summed E-state index contributed by atoms with van der Waals surface area (Å²) in [7, 11) is 0. The molecule has 1 aliphatic rings. The second-order valence-corrected chi connectivity index (χ2v) is 7.09. The fraction of sp³-hybridized carbons (Fsp3) is 0.182. The smallest absolute Gasteiger partial charge is 0.404 e. The lowest BCUT2D eigenvalue weighted by Crippen LogP contribution is -2.31. The maximum Gasteiger partial charge on any atom is 0.404 e. The second-order valence-electron chi connectivity index (χ2n) is 7.09. The molecule has 0 aliphatic carbocycles. The van der Waals surface area contributed by atoms with E-state index in [2.05, 4.69) is 11.2 Å². The molecule has 1 saturated heterocycles. The summed E-state index contributed by atoms with van der Waals surface area (Å²) in [5.74, 6) is -0.687. The molecule has 0 bridgehead atoms. The van der Waals surface area contributed by atoms with Crippen LogP contribution in [0.15, 0.2) is 54.6 Å². The molecule has 9 heteroatoms. The van der Waals surface area contributed by atoms with Gasteiger partial charge in [-0.2, -0.15) is 10.4 Å². The zero-order valence-corrected chi connectivity index (χ0v) is 16.4. The SMILES string of the molecule is N#Cc1ccc(-n2nc(C(=O)N3CC[C@H](OC(N)=O)C3)cc2-c2ccc(F)cc2)cc1. The Morgan fingerprint density at radius 1 is 1.16 bits per heavy atom. The third kappa shape index (κ3) is 4.23. The minimum Gasteiger partial charge on any atom is -0.444 e. The van der Waals surface area contributed by atoms with E-state index in [-0.39, 0.29) is 24.0 Å². The van der Waals surface area contributed by atoms with Crippen LogP contribution >= 0.6 is 0 Å². The number of aromatic nitrogens is 2. The van der Waals surface area contributed by atoms with Crippen molar-refractivity contribution < 1.29 is 18.7 Å². The summed E-state index contributed by atoms with van der Waals surface area (Å²) >= 11 is 0. The van der Waals surface area contributed by atoms with E-state index in [9.17, 15) is 14.0 Å². The molecule has 1 aromatic heterocycles. The molecule has 1 aliphatic heterocycles. The molecule has 0 saturated carbocycles. The van der Waals surface area contributed by atoms with Crippen LogP contribution in [0.4, 0.5) is 9.18 Å². The number of hydrogen-bond acceptors (Lipinski definition) is 5.